The topological polar surface area (TPSA) is 109 Å². The number of anilines is 1. The number of imidazole rings is 1. The van der Waals surface area contributed by atoms with Gasteiger partial charge in [-0.15, -0.1) is 0 Å². The number of carbonyl (C=O) groups excluding carboxylic acids is 2. The lowest BCUT2D eigenvalue weighted by atomic mass is 10.1. The van der Waals surface area contributed by atoms with E-state index >= 15 is 0 Å². The molecule has 0 bridgehead atoms. The van der Waals surface area contributed by atoms with Crippen LogP contribution < -0.4 is 15.4 Å². The van der Waals surface area contributed by atoms with Gasteiger partial charge in [-0.1, -0.05) is 60.7 Å². The second-order valence-electron chi connectivity index (χ2n) is 9.22. The standard InChI is InChI=1S/C32H25N5O3/c38-30(33-18-17-21-13-15-25(16-14-21)40-24-9-2-1-3-10-24)26-11-6-12-27-29(26)36-32(35-27)37-31(39)28-19-22-7-4-5-8-23(22)20-34-28/h1-16,19-20H,17-18H2,(H,33,38)(H2,35,36,37,39). The molecule has 8 heteroatoms. The van der Waals surface area contributed by atoms with Gasteiger partial charge in [-0.25, -0.2) is 4.98 Å². The van der Waals surface area contributed by atoms with Crippen molar-refractivity contribution >= 4 is 39.6 Å². The van der Waals surface area contributed by atoms with E-state index in [2.05, 4.69) is 25.6 Å². The fourth-order valence-corrected chi connectivity index (χ4v) is 4.42. The van der Waals surface area contributed by atoms with Crippen LogP contribution in [0.25, 0.3) is 21.8 Å². The Labute approximate surface area is 230 Å². The van der Waals surface area contributed by atoms with Gasteiger partial charge >= 0.3 is 0 Å². The van der Waals surface area contributed by atoms with Crippen molar-refractivity contribution < 1.29 is 14.3 Å². The van der Waals surface area contributed by atoms with Crippen molar-refractivity contribution in [3.63, 3.8) is 0 Å². The van der Waals surface area contributed by atoms with Crippen LogP contribution in [0.15, 0.2) is 109 Å². The molecule has 0 unspecified atom stereocenters. The van der Waals surface area contributed by atoms with Crippen molar-refractivity contribution in [2.45, 2.75) is 6.42 Å². The van der Waals surface area contributed by atoms with Crippen LogP contribution in [-0.4, -0.2) is 33.3 Å². The summed E-state index contributed by atoms with van der Waals surface area (Å²) in [5.74, 6) is 1.14. The van der Waals surface area contributed by atoms with Crippen molar-refractivity contribution in [2.24, 2.45) is 0 Å². The molecule has 4 aromatic carbocycles. The first-order valence-corrected chi connectivity index (χ1v) is 12.9. The van der Waals surface area contributed by atoms with Crippen LogP contribution in [-0.2, 0) is 6.42 Å². The number of fused-ring (bicyclic) bond motifs is 2. The molecule has 2 aromatic heterocycles. The number of ether oxygens (including phenoxy) is 1. The lowest BCUT2D eigenvalue weighted by Crippen LogP contribution is -2.25. The third-order valence-electron chi connectivity index (χ3n) is 6.45. The number of aromatic amines is 1. The Bertz CT molecular complexity index is 1810. The second-order valence-corrected chi connectivity index (χ2v) is 9.22. The normalized spacial score (nSPS) is 10.9. The molecule has 0 aliphatic heterocycles. The average molecular weight is 528 g/mol. The molecule has 0 spiro atoms. The Morgan fingerprint density at radius 3 is 2.35 bits per heavy atom. The molecule has 8 nitrogen and oxygen atoms in total. The van der Waals surface area contributed by atoms with E-state index in [1.54, 1.807) is 24.4 Å². The minimum atomic E-state index is -0.393. The summed E-state index contributed by atoms with van der Waals surface area (Å²) < 4.78 is 5.83. The number of H-pyrrole nitrogens is 1. The molecule has 0 radical (unpaired) electrons. The van der Waals surface area contributed by atoms with E-state index in [0.717, 1.165) is 27.8 Å². The number of aromatic nitrogens is 3. The van der Waals surface area contributed by atoms with Crippen LogP contribution in [0.3, 0.4) is 0 Å². The van der Waals surface area contributed by atoms with Gasteiger partial charge in [-0.3, -0.25) is 19.9 Å². The lowest BCUT2D eigenvalue weighted by molar-refractivity contribution is 0.0954. The number of para-hydroxylation sites is 2. The molecule has 6 rings (SSSR count). The zero-order valence-corrected chi connectivity index (χ0v) is 21.4. The summed E-state index contributed by atoms with van der Waals surface area (Å²) in [7, 11) is 0. The number of carbonyl (C=O) groups is 2. The van der Waals surface area contributed by atoms with Crippen LogP contribution in [0, 0.1) is 0 Å². The molecule has 0 aliphatic rings. The van der Waals surface area contributed by atoms with Crippen LogP contribution in [0.5, 0.6) is 11.5 Å². The van der Waals surface area contributed by atoms with E-state index in [1.807, 2.05) is 84.9 Å². The van der Waals surface area contributed by atoms with Gasteiger partial charge < -0.3 is 15.0 Å². The summed E-state index contributed by atoms with van der Waals surface area (Å²) in [5.41, 5.74) is 2.89. The summed E-state index contributed by atoms with van der Waals surface area (Å²) in [6.07, 6.45) is 2.33. The first-order chi connectivity index (χ1) is 19.6. The number of nitrogens with zero attached hydrogens (tertiary/aromatic N) is 2. The molecule has 0 fully saturated rings. The average Bonchev–Trinajstić information content (AvgIpc) is 3.41. The van der Waals surface area contributed by atoms with E-state index in [1.165, 1.54) is 0 Å². The largest absolute Gasteiger partial charge is 0.457 e. The van der Waals surface area contributed by atoms with Crippen LogP contribution in [0.4, 0.5) is 5.95 Å². The highest BCUT2D eigenvalue weighted by molar-refractivity contribution is 6.07. The van der Waals surface area contributed by atoms with E-state index in [4.69, 9.17) is 4.74 Å². The minimum absolute atomic E-state index is 0.241. The quantitative estimate of drug-likeness (QED) is 0.221. The number of nitrogens with one attached hydrogen (secondary N) is 3. The predicted molar refractivity (Wildman–Crippen MR) is 155 cm³/mol. The molecule has 6 aromatic rings. The Hall–Kier alpha value is -5.50. The van der Waals surface area contributed by atoms with Gasteiger partial charge in [0.25, 0.3) is 11.8 Å². The highest BCUT2D eigenvalue weighted by atomic mass is 16.5. The molecule has 3 N–H and O–H groups in total. The molecule has 0 atom stereocenters. The maximum Gasteiger partial charge on any atom is 0.276 e. The summed E-state index contributed by atoms with van der Waals surface area (Å²) in [6, 6.07) is 32.1. The molecular weight excluding hydrogens is 502 g/mol. The molecule has 0 saturated heterocycles. The van der Waals surface area contributed by atoms with Gasteiger partial charge in [0, 0.05) is 18.1 Å². The number of rotatable bonds is 8. The van der Waals surface area contributed by atoms with Gasteiger partial charge in [0.05, 0.1) is 11.1 Å². The number of hydrogen-bond acceptors (Lipinski definition) is 5. The summed E-state index contributed by atoms with van der Waals surface area (Å²) in [5, 5.41) is 7.59. The zero-order chi connectivity index (χ0) is 27.3. The smallest absolute Gasteiger partial charge is 0.276 e. The fourth-order valence-electron chi connectivity index (χ4n) is 4.42. The Morgan fingerprint density at radius 2 is 1.52 bits per heavy atom. The van der Waals surface area contributed by atoms with Gasteiger partial charge in [0.1, 0.15) is 22.7 Å². The molecule has 0 aliphatic carbocycles. The third-order valence-corrected chi connectivity index (χ3v) is 6.45. The summed E-state index contributed by atoms with van der Waals surface area (Å²) >= 11 is 0. The number of hydrogen-bond donors (Lipinski definition) is 3. The predicted octanol–water partition coefficient (Wildman–Crippen LogP) is 6.13. The Morgan fingerprint density at radius 1 is 0.775 bits per heavy atom. The molecule has 40 heavy (non-hydrogen) atoms. The molecule has 2 heterocycles. The van der Waals surface area contributed by atoms with Crippen molar-refractivity contribution in [1.82, 2.24) is 20.3 Å². The summed E-state index contributed by atoms with van der Waals surface area (Å²) in [6.45, 7) is 0.454. The van der Waals surface area contributed by atoms with Gasteiger partial charge in [0.2, 0.25) is 5.95 Å². The highest BCUT2D eigenvalue weighted by Gasteiger charge is 2.16. The third kappa shape index (κ3) is 5.51. The minimum Gasteiger partial charge on any atom is -0.457 e. The molecular formula is C32H25N5O3. The monoisotopic (exact) mass is 527 g/mol. The van der Waals surface area contributed by atoms with Crippen LogP contribution >= 0.6 is 0 Å². The maximum absolute atomic E-state index is 13.0. The lowest BCUT2D eigenvalue weighted by Gasteiger charge is -2.08. The first kappa shape index (κ1) is 24.8. The summed E-state index contributed by atoms with van der Waals surface area (Å²) in [4.78, 5) is 37.6. The van der Waals surface area contributed by atoms with Crippen LogP contribution in [0.2, 0.25) is 0 Å². The van der Waals surface area contributed by atoms with Crippen molar-refractivity contribution in [1.29, 1.82) is 0 Å². The Balaban J connectivity index is 1.08. The highest BCUT2D eigenvalue weighted by Crippen LogP contribution is 2.22. The van der Waals surface area contributed by atoms with Crippen molar-refractivity contribution in [3.8, 4) is 11.5 Å². The van der Waals surface area contributed by atoms with E-state index < -0.39 is 5.91 Å². The van der Waals surface area contributed by atoms with E-state index in [-0.39, 0.29) is 17.5 Å². The molecule has 196 valence electrons. The van der Waals surface area contributed by atoms with Crippen molar-refractivity contribution in [3.05, 3.63) is 126 Å². The number of benzene rings is 4. The van der Waals surface area contributed by atoms with Crippen molar-refractivity contribution in [2.75, 3.05) is 11.9 Å². The van der Waals surface area contributed by atoms with Gasteiger partial charge in [-0.2, -0.15) is 0 Å². The SMILES string of the molecule is O=C(Nc1nc2c(C(=O)NCCc3ccc(Oc4ccccc4)cc3)cccc2[nH]1)c1cc2ccccc2cn1. The number of pyridine rings is 1. The Kier molecular flexibility index (Phi) is 6.88. The fraction of sp³-hybridized carbons (Fsp3) is 0.0625. The zero-order valence-electron chi connectivity index (χ0n) is 21.4. The molecule has 2 amide bonds. The second kappa shape index (κ2) is 11.1. The molecule has 0 saturated carbocycles. The van der Waals surface area contributed by atoms with E-state index in [0.29, 0.717) is 29.6 Å². The van der Waals surface area contributed by atoms with Crippen LogP contribution in [0.1, 0.15) is 26.4 Å². The van der Waals surface area contributed by atoms with E-state index in [9.17, 15) is 9.59 Å². The first-order valence-electron chi connectivity index (χ1n) is 12.9. The van der Waals surface area contributed by atoms with Gasteiger partial charge in [-0.05, 0) is 59.8 Å². The maximum atomic E-state index is 13.0. The number of amides is 2. The van der Waals surface area contributed by atoms with Gasteiger partial charge in [0.15, 0.2) is 0 Å².